The summed E-state index contributed by atoms with van der Waals surface area (Å²) in [6.45, 7) is 3.20. The van der Waals surface area contributed by atoms with Gasteiger partial charge in [-0.1, -0.05) is 53.8 Å². The highest BCUT2D eigenvalue weighted by Crippen LogP contribution is 2.30. The number of halogens is 2. The minimum absolute atomic E-state index is 0.0217. The van der Waals surface area contributed by atoms with Gasteiger partial charge in [-0.3, -0.25) is 4.72 Å². The van der Waals surface area contributed by atoms with Gasteiger partial charge in [0, 0.05) is 16.1 Å². The molecule has 4 rings (SSSR count). The zero-order valence-electron chi connectivity index (χ0n) is 21.8. The maximum absolute atomic E-state index is 14.1. The summed E-state index contributed by atoms with van der Waals surface area (Å²) in [6, 6.07) is 21.4. The molecule has 0 fully saturated rings. The van der Waals surface area contributed by atoms with Gasteiger partial charge in [0.1, 0.15) is 5.82 Å². The summed E-state index contributed by atoms with van der Waals surface area (Å²) in [5.74, 6) is 4.73. The minimum atomic E-state index is -4.02. The van der Waals surface area contributed by atoms with E-state index in [1.165, 1.54) is 43.5 Å². The Bertz CT molecular complexity index is 1750. The van der Waals surface area contributed by atoms with Crippen molar-refractivity contribution in [2.75, 3.05) is 11.8 Å². The summed E-state index contributed by atoms with van der Waals surface area (Å²) in [5.41, 5.74) is 2.00. The fourth-order valence-electron chi connectivity index (χ4n) is 3.85. The maximum Gasteiger partial charge on any atom is 0.337 e. The maximum atomic E-state index is 14.1. The lowest BCUT2D eigenvalue weighted by atomic mass is 9.99. The van der Waals surface area contributed by atoms with Crippen molar-refractivity contribution in [1.29, 1.82) is 0 Å². The third-order valence-electron chi connectivity index (χ3n) is 6.00. The van der Waals surface area contributed by atoms with Crippen molar-refractivity contribution in [1.82, 2.24) is 0 Å². The second-order valence-electron chi connectivity index (χ2n) is 9.40. The van der Waals surface area contributed by atoms with Crippen molar-refractivity contribution < 1.29 is 27.4 Å². The van der Waals surface area contributed by atoms with Crippen LogP contribution in [0.4, 0.5) is 10.1 Å². The highest BCUT2D eigenvalue weighted by molar-refractivity contribution is 7.92. The molecular weight excluding hydrogens is 553 g/mol. The predicted octanol–water partition coefficient (Wildman–Crippen LogP) is 6.36. The molecule has 0 saturated heterocycles. The van der Waals surface area contributed by atoms with Crippen LogP contribution in [-0.2, 0) is 20.4 Å². The van der Waals surface area contributed by atoms with Crippen LogP contribution in [0.2, 0.25) is 5.02 Å². The van der Waals surface area contributed by atoms with Gasteiger partial charge < -0.3 is 9.84 Å². The Morgan fingerprint density at radius 3 is 2.35 bits per heavy atom. The second kappa shape index (κ2) is 11.5. The van der Waals surface area contributed by atoms with Gasteiger partial charge in [0.2, 0.25) is 0 Å². The molecule has 0 aliphatic carbocycles. The lowest BCUT2D eigenvalue weighted by molar-refractivity contribution is 0.0600. The molecule has 0 unspecified atom stereocenters. The van der Waals surface area contributed by atoms with E-state index in [9.17, 15) is 22.7 Å². The Labute approximate surface area is 237 Å². The molecule has 0 aliphatic rings. The molecule has 0 atom stereocenters. The van der Waals surface area contributed by atoms with Crippen molar-refractivity contribution in [3.05, 3.63) is 118 Å². The molecule has 4 aromatic carbocycles. The van der Waals surface area contributed by atoms with E-state index < -0.39 is 27.4 Å². The number of ether oxygens (including phenoxy) is 1. The van der Waals surface area contributed by atoms with Crippen LogP contribution in [0, 0.1) is 17.7 Å². The Balaban J connectivity index is 1.63. The van der Waals surface area contributed by atoms with Crippen LogP contribution in [0.5, 0.6) is 0 Å². The van der Waals surface area contributed by atoms with E-state index in [4.69, 9.17) is 16.3 Å². The summed E-state index contributed by atoms with van der Waals surface area (Å²) < 4.78 is 47.4. The van der Waals surface area contributed by atoms with Crippen molar-refractivity contribution in [2.24, 2.45) is 0 Å². The van der Waals surface area contributed by atoms with E-state index in [0.29, 0.717) is 27.3 Å². The quantitative estimate of drug-likeness (QED) is 0.205. The third-order valence-corrected chi connectivity index (χ3v) is 7.70. The number of carbonyl (C=O) groups is 1. The minimum Gasteiger partial charge on any atom is -0.465 e. The normalized spacial score (nSPS) is 11.3. The van der Waals surface area contributed by atoms with Crippen LogP contribution in [-0.4, -0.2) is 26.6 Å². The molecule has 204 valence electrons. The van der Waals surface area contributed by atoms with Gasteiger partial charge >= 0.3 is 5.97 Å². The van der Waals surface area contributed by atoms with E-state index in [-0.39, 0.29) is 16.1 Å². The number of benzene rings is 4. The number of hydrogen-bond acceptors (Lipinski definition) is 5. The van der Waals surface area contributed by atoms with Crippen molar-refractivity contribution in [3.63, 3.8) is 0 Å². The number of rotatable bonds is 6. The molecule has 0 saturated carbocycles. The SMILES string of the molecule is COC(=O)c1ccc(-c2cccc(C#Cc3cc(F)ccc3NS(=O)(=O)c3ccc(C(C)(C)O)cc3)c2)c(Cl)c1. The first-order valence-corrected chi connectivity index (χ1v) is 13.9. The van der Waals surface area contributed by atoms with E-state index >= 15 is 0 Å². The molecule has 0 heterocycles. The van der Waals surface area contributed by atoms with E-state index in [1.54, 1.807) is 44.2 Å². The number of anilines is 1. The third kappa shape index (κ3) is 6.69. The summed E-state index contributed by atoms with van der Waals surface area (Å²) >= 11 is 6.41. The highest BCUT2D eigenvalue weighted by Gasteiger charge is 2.20. The van der Waals surface area contributed by atoms with Crippen LogP contribution in [0.15, 0.2) is 89.8 Å². The van der Waals surface area contributed by atoms with Gasteiger partial charge in [-0.05, 0) is 79.6 Å². The van der Waals surface area contributed by atoms with Crippen LogP contribution < -0.4 is 4.72 Å². The molecule has 9 heteroatoms. The van der Waals surface area contributed by atoms with Crippen LogP contribution in [0.3, 0.4) is 0 Å². The first-order valence-electron chi connectivity index (χ1n) is 12.0. The Hall–Kier alpha value is -4.16. The monoisotopic (exact) mass is 577 g/mol. The molecular formula is C31H25ClFNO5S. The largest absolute Gasteiger partial charge is 0.465 e. The molecule has 0 aromatic heterocycles. The summed E-state index contributed by atoms with van der Waals surface area (Å²) in [5, 5.41) is 10.5. The summed E-state index contributed by atoms with van der Waals surface area (Å²) in [4.78, 5) is 11.8. The number of methoxy groups -OCH3 is 1. The molecule has 0 radical (unpaired) electrons. The Kier molecular flexibility index (Phi) is 8.31. The van der Waals surface area contributed by atoms with Crippen molar-refractivity contribution in [3.8, 4) is 23.0 Å². The molecule has 0 spiro atoms. The van der Waals surface area contributed by atoms with E-state index in [1.807, 2.05) is 6.07 Å². The molecule has 2 N–H and O–H groups in total. The molecule has 0 amide bonds. The number of sulfonamides is 1. The van der Waals surface area contributed by atoms with Gasteiger partial charge in [0.05, 0.1) is 34.4 Å². The topological polar surface area (TPSA) is 92.7 Å². The lowest BCUT2D eigenvalue weighted by Gasteiger charge is -2.18. The Morgan fingerprint density at radius 2 is 1.70 bits per heavy atom. The zero-order valence-corrected chi connectivity index (χ0v) is 23.4. The van der Waals surface area contributed by atoms with Gasteiger partial charge in [0.15, 0.2) is 0 Å². The fourth-order valence-corrected chi connectivity index (χ4v) is 5.22. The molecule has 4 aromatic rings. The number of carbonyl (C=O) groups excluding carboxylic acids is 1. The van der Waals surface area contributed by atoms with Gasteiger partial charge in [-0.2, -0.15) is 0 Å². The Morgan fingerprint density at radius 1 is 0.975 bits per heavy atom. The molecule has 6 nitrogen and oxygen atoms in total. The number of hydrogen-bond donors (Lipinski definition) is 2. The summed E-state index contributed by atoms with van der Waals surface area (Å²) in [7, 11) is -2.73. The zero-order chi connectivity index (χ0) is 29.1. The van der Waals surface area contributed by atoms with Crippen molar-refractivity contribution in [2.45, 2.75) is 24.3 Å². The highest BCUT2D eigenvalue weighted by atomic mass is 35.5. The first-order chi connectivity index (χ1) is 18.9. The molecule has 0 aliphatic heterocycles. The smallest absolute Gasteiger partial charge is 0.337 e. The standard InChI is InChI=1S/C31H25ClFNO5S/c1-31(2,36)24-10-13-26(14-11-24)40(37,38)34-29-16-12-25(33)18-22(29)8-7-20-5-4-6-21(17-20)27-15-9-23(19-28(27)32)30(35)39-3/h4-6,9-19,34,36H,1-3H3. The van der Waals surface area contributed by atoms with Gasteiger partial charge in [0.25, 0.3) is 10.0 Å². The average molecular weight is 578 g/mol. The molecule has 0 bridgehead atoms. The fraction of sp³-hybridized carbons (Fsp3) is 0.129. The number of esters is 1. The number of nitrogens with one attached hydrogen (secondary N) is 1. The van der Waals surface area contributed by atoms with Crippen LogP contribution >= 0.6 is 11.6 Å². The predicted molar refractivity (Wildman–Crippen MR) is 153 cm³/mol. The number of aliphatic hydroxyl groups is 1. The molecule has 40 heavy (non-hydrogen) atoms. The van der Waals surface area contributed by atoms with E-state index in [2.05, 4.69) is 16.6 Å². The average Bonchev–Trinajstić information content (AvgIpc) is 2.92. The van der Waals surface area contributed by atoms with Gasteiger partial charge in [-0.25, -0.2) is 17.6 Å². The van der Waals surface area contributed by atoms with Crippen molar-refractivity contribution >= 4 is 33.3 Å². The lowest BCUT2D eigenvalue weighted by Crippen LogP contribution is -2.17. The van der Waals surface area contributed by atoms with Gasteiger partial charge in [-0.15, -0.1) is 0 Å². The van der Waals surface area contributed by atoms with Crippen LogP contribution in [0.25, 0.3) is 11.1 Å². The second-order valence-corrected chi connectivity index (χ2v) is 11.5. The van der Waals surface area contributed by atoms with E-state index in [0.717, 1.165) is 17.7 Å². The first kappa shape index (κ1) is 28.8. The van der Waals surface area contributed by atoms with Crippen LogP contribution in [0.1, 0.15) is 40.9 Å². The summed E-state index contributed by atoms with van der Waals surface area (Å²) in [6.07, 6.45) is 0.